The number of aromatic nitrogens is 6. The number of aryl methyl sites for hydroxylation is 1. The molecule has 1 fully saturated rings. The van der Waals surface area contributed by atoms with Crippen molar-refractivity contribution in [1.82, 2.24) is 34.2 Å². The van der Waals surface area contributed by atoms with Gasteiger partial charge in [0.2, 0.25) is 0 Å². The Morgan fingerprint density at radius 3 is 2.38 bits per heavy atom. The van der Waals surface area contributed by atoms with E-state index in [1.54, 1.807) is 6.33 Å². The van der Waals surface area contributed by atoms with Crippen molar-refractivity contribution in [2.45, 2.75) is 57.8 Å². The van der Waals surface area contributed by atoms with Gasteiger partial charge in [-0.3, -0.25) is 4.90 Å². The number of fused-ring (bicyclic) bond motifs is 2. The van der Waals surface area contributed by atoms with Crippen LogP contribution in [-0.4, -0.2) is 46.8 Å². The summed E-state index contributed by atoms with van der Waals surface area (Å²) in [6, 6.07) is 18.9. The van der Waals surface area contributed by atoms with Gasteiger partial charge in [-0.2, -0.15) is 0 Å². The number of ether oxygens (including phenoxy) is 1. The Labute approximate surface area is 227 Å². The SMILES string of the molecule is Cc1nnc2n1CCN([C@H]1CC[C@H](n3cc(-c4ccc(Oc5ccccc5)cc4)c4c(N)ncnc43)CC1)C2. The van der Waals surface area contributed by atoms with Crippen LogP contribution in [-0.2, 0) is 13.1 Å². The predicted molar refractivity (Wildman–Crippen MR) is 150 cm³/mol. The Kier molecular flexibility index (Phi) is 6.00. The maximum atomic E-state index is 6.42. The van der Waals surface area contributed by atoms with Gasteiger partial charge in [-0.25, -0.2) is 9.97 Å². The molecule has 1 aliphatic heterocycles. The zero-order valence-electron chi connectivity index (χ0n) is 22.1. The van der Waals surface area contributed by atoms with Gasteiger partial charge in [0.25, 0.3) is 0 Å². The maximum absolute atomic E-state index is 6.42. The van der Waals surface area contributed by atoms with Crippen LogP contribution < -0.4 is 10.5 Å². The maximum Gasteiger partial charge on any atom is 0.147 e. The summed E-state index contributed by atoms with van der Waals surface area (Å²) in [5.41, 5.74) is 9.46. The summed E-state index contributed by atoms with van der Waals surface area (Å²) in [5, 5.41) is 9.59. The molecular weight excluding hydrogens is 488 g/mol. The monoisotopic (exact) mass is 520 g/mol. The van der Waals surface area contributed by atoms with Crippen molar-refractivity contribution >= 4 is 16.9 Å². The molecule has 5 aromatic rings. The largest absolute Gasteiger partial charge is 0.457 e. The standard InChI is InChI=1S/C30H32N8O/c1-20-34-35-27-18-36(15-16-37(20)27)22-9-11-23(12-10-22)38-17-26(28-29(31)32-19-33-30(28)38)21-7-13-25(14-8-21)39-24-5-3-2-4-6-24/h2-8,13-14,17,19,22-23H,9-12,15-16,18H2,1H3,(H2,31,32,33)/t22-,23-. The average molecular weight is 521 g/mol. The van der Waals surface area contributed by atoms with Crippen LogP contribution in [0.4, 0.5) is 5.82 Å². The number of nitrogens with two attached hydrogens (primary N) is 1. The third-order valence-electron chi connectivity index (χ3n) is 8.33. The fourth-order valence-electron chi connectivity index (χ4n) is 6.27. The molecule has 2 aromatic carbocycles. The average Bonchev–Trinajstić information content (AvgIpc) is 3.55. The van der Waals surface area contributed by atoms with Crippen molar-refractivity contribution in [3.8, 4) is 22.6 Å². The van der Waals surface area contributed by atoms with E-state index in [1.807, 2.05) is 49.4 Å². The molecule has 0 bridgehead atoms. The summed E-state index contributed by atoms with van der Waals surface area (Å²) < 4.78 is 10.6. The minimum absolute atomic E-state index is 0.378. The minimum atomic E-state index is 0.378. The third-order valence-corrected chi connectivity index (χ3v) is 8.33. The van der Waals surface area contributed by atoms with E-state index in [2.05, 4.69) is 47.5 Å². The third kappa shape index (κ3) is 4.42. The van der Waals surface area contributed by atoms with Crippen molar-refractivity contribution in [2.24, 2.45) is 0 Å². The molecule has 1 aliphatic carbocycles. The summed E-state index contributed by atoms with van der Waals surface area (Å²) in [6.07, 6.45) is 8.30. The molecule has 0 atom stereocenters. The van der Waals surface area contributed by atoms with E-state index in [-0.39, 0.29) is 0 Å². The summed E-state index contributed by atoms with van der Waals surface area (Å²) in [7, 11) is 0. The summed E-state index contributed by atoms with van der Waals surface area (Å²) in [4.78, 5) is 11.6. The van der Waals surface area contributed by atoms with Gasteiger partial charge in [0, 0.05) is 36.9 Å². The topological polar surface area (TPSA) is 99.9 Å². The highest BCUT2D eigenvalue weighted by Gasteiger charge is 2.31. The molecule has 0 unspecified atom stereocenters. The van der Waals surface area contributed by atoms with E-state index in [0.717, 1.165) is 90.6 Å². The van der Waals surface area contributed by atoms with Crippen LogP contribution in [0.5, 0.6) is 11.5 Å². The lowest BCUT2D eigenvalue weighted by Crippen LogP contribution is -2.43. The molecule has 1 saturated carbocycles. The van der Waals surface area contributed by atoms with Crippen molar-refractivity contribution in [1.29, 1.82) is 0 Å². The van der Waals surface area contributed by atoms with Gasteiger partial charge >= 0.3 is 0 Å². The Balaban J connectivity index is 1.11. The molecule has 4 heterocycles. The number of para-hydroxylation sites is 1. The van der Waals surface area contributed by atoms with Crippen LogP contribution in [0.3, 0.4) is 0 Å². The lowest BCUT2D eigenvalue weighted by atomic mass is 9.89. The highest BCUT2D eigenvalue weighted by Crippen LogP contribution is 2.39. The smallest absolute Gasteiger partial charge is 0.147 e. The lowest BCUT2D eigenvalue weighted by Gasteiger charge is -2.39. The second-order valence-electron chi connectivity index (χ2n) is 10.6. The quantitative estimate of drug-likeness (QED) is 0.332. The number of rotatable bonds is 5. The second-order valence-corrected chi connectivity index (χ2v) is 10.6. The van der Waals surface area contributed by atoms with Gasteiger partial charge in [0.15, 0.2) is 0 Å². The Bertz CT molecular complexity index is 1600. The van der Waals surface area contributed by atoms with E-state index in [0.29, 0.717) is 17.9 Å². The molecule has 3 aromatic heterocycles. The Morgan fingerprint density at radius 1 is 0.846 bits per heavy atom. The number of hydrogen-bond acceptors (Lipinski definition) is 7. The highest BCUT2D eigenvalue weighted by molar-refractivity contribution is 6.00. The molecular formula is C30H32N8O. The summed E-state index contributed by atoms with van der Waals surface area (Å²) in [5.74, 6) is 4.23. The van der Waals surface area contributed by atoms with Crippen molar-refractivity contribution in [2.75, 3.05) is 12.3 Å². The molecule has 0 amide bonds. The second kappa shape index (κ2) is 9.81. The zero-order chi connectivity index (χ0) is 26.3. The van der Waals surface area contributed by atoms with Crippen LogP contribution >= 0.6 is 0 Å². The number of anilines is 1. The first-order valence-electron chi connectivity index (χ1n) is 13.7. The first-order valence-corrected chi connectivity index (χ1v) is 13.7. The van der Waals surface area contributed by atoms with Gasteiger partial charge in [0.1, 0.15) is 40.9 Å². The first-order chi connectivity index (χ1) is 19.1. The molecule has 39 heavy (non-hydrogen) atoms. The van der Waals surface area contributed by atoms with Gasteiger partial charge < -0.3 is 19.6 Å². The van der Waals surface area contributed by atoms with E-state index >= 15 is 0 Å². The lowest BCUT2D eigenvalue weighted by molar-refractivity contribution is 0.107. The molecule has 198 valence electrons. The van der Waals surface area contributed by atoms with E-state index in [4.69, 9.17) is 15.5 Å². The Hall–Kier alpha value is -4.24. The fraction of sp³-hybridized carbons (Fsp3) is 0.333. The molecule has 9 heteroatoms. The van der Waals surface area contributed by atoms with Gasteiger partial charge in [-0.15, -0.1) is 10.2 Å². The van der Waals surface area contributed by atoms with Crippen LogP contribution in [0.15, 0.2) is 67.1 Å². The molecule has 2 N–H and O–H groups in total. The molecule has 9 nitrogen and oxygen atoms in total. The van der Waals surface area contributed by atoms with Crippen molar-refractivity contribution < 1.29 is 4.74 Å². The normalized spacial score (nSPS) is 19.7. The van der Waals surface area contributed by atoms with Crippen LogP contribution in [0.25, 0.3) is 22.2 Å². The molecule has 7 rings (SSSR count). The van der Waals surface area contributed by atoms with E-state index in [9.17, 15) is 0 Å². The van der Waals surface area contributed by atoms with Crippen LogP contribution in [0.2, 0.25) is 0 Å². The summed E-state index contributed by atoms with van der Waals surface area (Å²) >= 11 is 0. The van der Waals surface area contributed by atoms with E-state index in [1.165, 1.54) is 0 Å². The van der Waals surface area contributed by atoms with Crippen LogP contribution in [0, 0.1) is 6.92 Å². The highest BCUT2D eigenvalue weighted by atomic mass is 16.5. The van der Waals surface area contributed by atoms with Gasteiger partial charge in [-0.1, -0.05) is 30.3 Å². The number of hydrogen-bond donors (Lipinski definition) is 1. The first kappa shape index (κ1) is 23.8. The molecule has 0 radical (unpaired) electrons. The number of nitrogens with zero attached hydrogens (tertiary/aromatic N) is 7. The number of nitrogen functional groups attached to an aromatic ring is 1. The Morgan fingerprint density at radius 2 is 1.59 bits per heavy atom. The zero-order valence-corrected chi connectivity index (χ0v) is 22.1. The molecule has 2 aliphatic rings. The van der Waals surface area contributed by atoms with Gasteiger partial charge in [0.05, 0.1) is 11.9 Å². The van der Waals surface area contributed by atoms with E-state index < -0.39 is 0 Å². The number of benzene rings is 2. The fourth-order valence-corrected chi connectivity index (χ4v) is 6.27. The predicted octanol–water partition coefficient (Wildman–Crippen LogP) is 5.37. The molecule has 0 spiro atoms. The van der Waals surface area contributed by atoms with Crippen molar-refractivity contribution in [3.63, 3.8) is 0 Å². The minimum Gasteiger partial charge on any atom is -0.457 e. The molecule has 0 saturated heterocycles. The van der Waals surface area contributed by atoms with Crippen molar-refractivity contribution in [3.05, 3.63) is 78.8 Å². The summed E-state index contributed by atoms with van der Waals surface area (Å²) in [6.45, 7) is 4.97. The van der Waals surface area contributed by atoms with Gasteiger partial charge in [-0.05, 0) is 62.4 Å². The van der Waals surface area contributed by atoms with Crippen LogP contribution in [0.1, 0.15) is 43.4 Å².